The van der Waals surface area contributed by atoms with Gasteiger partial charge in [-0.25, -0.2) is 4.39 Å². The Morgan fingerprint density at radius 1 is 1.00 bits per heavy atom. The lowest BCUT2D eigenvalue weighted by Gasteiger charge is -2.21. The number of hydrogen-bond donors (Lipinski definition) is 2. The van der Waals surface area contributed by atoms with Crippen molar-refractivity contribution in [2.75, 3.05) is 10.6 Å². The van der Waals surface area contributed by atoms with Gasteiger partial charge in [0, 0.05) is 22.2 Å². The van der Waals surface area contributed by atoms with E-state index in [1.807, 2.05) is 31.2 Å². The normalized spacial score (nSPS) is 15.6. The fourth-order valence-corrected chi connectivity index (χ4v) is 4.22. The van der Waals surface area contributed by atoms with Gasteiger partial charge >= 0.3 is 0 Å². The Labute approximate surface area is 169 Å². The number of anilines is 2. The highest BCUT2D eigenvalue weighted by Gasteiger charge is 2.21. The van der Waals surface area contributed by atoms with Crippen LogP contribution in [0.1, 0.15) is 39.0 Å². The molecular weight excluding hydrogens is 375 g/mol. The highest BCUT2D eigenvalue weighted by atomic mass is 32.2. The third-order valence-electron chi connectivity index (χ3n) is 4.87. The third kappa shape index (κ3) is 5.83. The smallest absolute Gasteiger partial charge is 0.237 e. The lowest BCUT2D eigenvalue weighted by atomic mass is 9.88. The summed E-state index contributed by atoms with van der Waals surface area (Å²) in [7, 11) is 0. The number of thioether (sulfide) groups is 1. The van der Waals surface area contributed by atoms with Gasteiger partial charge in [-0.15, -0.1) is 11.8 Å². The van der Waals surface area contributed by atoms with Gasteiger partial charge < -0.3 is 10.6 Å². The number of benzene rings is 2. The summed E-state index contributed by atoms with van der Waals surface area (Å²) in [6, 6.07) is 13.3. The van der Waals surface area contributed by atoms with Crippen molar-refractivity contribution >= 4 is 35.0 Å². The van der Waals surface area contributed by atoms with E-state index in [9.17, 15) is 14.0 Å². The Hall–Kier alpha value is -2.34. The van der Waals surface area contributed by atoms with Crippen molar-refractivity contribution in [3.8, 4) is 0 Å². The van der Waals surface area contributed by atoms with Gasteiger partial charge in [0.25, 0.3) is 0 Å². The van der Waals surface area contributed by atoms with Gasteiger partial charge in [-0.2, -0.15) is 0 Å². The molecule has 1 atom stereocenters. The zero-order valence-electron chi connectivity index (χ0n) is 15.9. The van der Waals surface area contributed by atoms with Crippen molar-refractivity contribution in [2.45, 2.75) is 49.2 Å². The van der Waals surface area contributed by atoms with E-state index in [-0.39, 0.29) is 28.8 Å². The topological polar surface area (TPSA) is 58.2 Å². The van der Waals surface area contributed by atoms with Crippen molar-refractivity contribution in [1.82, 2.24) is 0 Å². The molecule has 4 nitrogen and oxygen atoms in total. The van der Waals surface area contributed by atoms with Crippen LogP contribution in [0.2, 0.25) is 0 Å². The van der Waals surface area contributed by atoms with Crippen LogP contribution in [-0.4, -0.2) is 17.1 Å². The molecule has 2 amide bonds. The maximum atomic E-state index is 13.0. The van der Waals surface area contributed by atoms with E-state index in [4.69, 9.17) is 0 Å². The Morgan fingerprint density at radius 3 is 2.43 bits per heavy atom. The molecule has 1 saturated carbocycles. The number of nitrogens with one attached hydrogen (secondary N) is 2. The molecule has 2 aromatic rings. The van der Waals surface area contributed by atoms with Gasteiger partial charge in [-0.3, -0.25) is 9.59 Å². The molecule has 28 heavy (non-hydrogen) atoms. The average molecular weight is 401 g/mol. The highest BCUT2D eigenvalue weighted by Crippen LogP contribution is 2.28. The molecule has 2 aromatic carbocycles. The van der Waals surface area contributed by atoms with Crippen molar-refractivity contribution < 1.29 is 14.0 Å². The maximum absolute atomic E-state index is 13.0. The lowest BCUT2D eigenvalue weighted by Crippen LogP contribution is -2.24. The van der Waals surface area contributed by atoms with Crippen LogP contribution in [0.4, 0.5) is 15.8 Å². The molecule has 1 unspecified atom stereocenters. The van der Waals surface area contributed by atoms with Crippen LogP contribution in [0, 0.1) is 11.7 Å². The minimum Gasteiger partial charge on any atom is -0.326 e. The largest absolute Gasteiger partial charge is 0.326 e. The predicted octanol–water partition coefficient (Wildman–Crippen LogP) is 5.46. The first-order valence-electron chi connectivity index (χ1n) is 9.65. The van der Waals surface area contributed by atoms with Crippen LogP contribution in [0.25, 0.3) is 0 Å². The molecule has 1 fully saturated rings. The molecule has 6 heteroatoms. The summed E-state index contributed by atoms with van der Waals surface area (Å²) in [6.45, 7) is 1.82. The highest BCUT2D eigenvalue weighted by molar-refractivity contribution is 8.00. The fourth-order valence-electron chi connectivity index (χ4n) is 3.29. The molecule has 0 spiro atoms. The summed E-state index contributed by atoms with van der Waals surface area (Å²) < 4.78 is 13.0. The van der Waals surface area contributed by atoms with Crippen molar-refractivity contribution in [1.29, 1.82) is 0 Å². The number of halogens is 1. The number of hydrogen-bond acceptors (Lipinski definition) is 3. The van der Waals surface area contributed by atoms with Gasteiger partial charge in [0.15, 0.2) is 0 Å². The van der Waals surface area contributed by atoms with Gasteiger partial charge in [0.1, 0.15) is 5.82 Å². The Kier molecular flexibility index (Phi) is 7.09. The first kappa shape index (κ1) is 20.4. The van der Waals surface area contributed by atoms with Crippen LogP contribution in [0.5, 0.6) is 0 Å². The molecule has 0 heterocycles. The second-order valence-electron chi connectivity index (χ2n) is 7.11. The number of amides is 2. The Morgan fingerprint density at radius 2 is 1.71 bits per heavy atom. The number of carbonyl (C=O) groups is 2. The van der Waals surface area contributed by atoms with Crippen molar-refractivity contribution in [2.24, 2.45) is 5.92 Å². The van der Waals surface area contributed by atoms with E-state index in [2.05, 4.69) is 10.6 Å². The summed E-state index contributed by atoms with van der Waals surface area (Å²) >= 11 is 1.41. The van der Waals surface area contributed by atoms with Crippen LogP contribution in [-0.2, 0) is 9.59 Å². The Bertz CT molecular complexity index is 820. The molecule has 148 valence electrons. The molecule has 1 aliphatic rings. The van der Waals surface area contributed by atoms with Crippen LogP contribution in [0.3, 0.4) is 0 Å². The van der Waals surface area contributed by atoms with E-state index >= 15 is 0 Å². The van der Waals surface area contributed by atoms with Crippen molar-refractivity contribution in [3.63, 3.8) is 0 Å². The summed E-state index contributed by atoms with van der Waals surface area (Å²) in [5.74, 6) is -0.310. The summed E-state index contributed by atoms with van der Waals surface area (Å²) in [6.07, 6.45) is 5.37. The van der Waals surface area contributed by atoms with Crippen LogP contribution >= 0.6 is 11.8 Å². The van der Waals surface area contributed by atoms with Crippen molar-refractivity contribution in [3.05, 3.63) is 54.3 Å². The zero-order valence-corrected chi connectivity index (χ0v) is 16.7. The maximum Gasteiger partial charge on any atom is 0.237 e. The number of rotatable bonds is 6. The van der Waals surface area contributed by atoms with Gasteiger partial charge in [-0.05, 0) is 62.2 Å². The van der Waals surface area contributed by atoms with Crippen LogP contribution in [0.15, 0.2) is 53.4 Å². The first-order valence-corrected chi connectivity index (χ1v) is 10.5. The molecule has 1 aliphatic carbocycles. The number of carbonyl (C=O) groups excluding carboxylic acids is 2. The minimum absolute atomic E-state index is 0.0870. The zero-order chi connectivity index (χ0) is 19.9. The average Bonchev–Trinajstić information content (AvgIpc) is 2.70. The van der Waals surface area contributed by atoms with E-state index in [1.54, 1.807) is 0 Å². The predicted molar refractivity (Wildman–Crippen MR) is 112 cm³/mol. The van der Waals surface area contributed by atoms with E-state index < -0.39 is 0 Å². The molecular formula is C22H25FN2O2S. The fraction of sp³-hybridized carbons (Fsp3) is 0.364. The van der Waals surface area contributed by atoms with Crippen LogP contribution < -0.4 is 10.6 Å². The molecule has 0 radical (unpaired) electrons. The summed E-state index contributed by atoms with van der Waals surface area (Å²) in [5, 5.41) is 5.46. The van der Waals surface area contributed by atoms with Gasteiger partial charge in [-0.1, -0.05) is 25.3 Å². The second kappa shape index (κ2) is 9.73. The minimum atomic E-state index is -0.340. The summed E-state index contributed by atoms with van der Waals surface area (Å²) in [5.41, 5.74) is 1.32. The van der Waals surface area contributed by atoms with Gasteiger partial charge in [0.05, 0.1) is 5.25 Å². The quantitative estimate of drug-likeness (QED) is 0.633. The lowest BCUT2D eigenvalue weighted by molar-refractivity contribution is -0.120. The third-order valence-corrected chi connectivity index (χ3v) is 5.97. The monoisotopic (exact) mass is 400 g/mol. The van der Waals surface area contributed by atoms with E-state index in [0.717, 1.165) is 36.3 Å². The Balaban J connectivity index is 1.56. The van der Waals surface area contributed by atoms with Gasteiger partial charge in [0.2, 0.25) is 11.8 Å². The molecule has 2 N–H and O–H groups in total. The molecule has 0 aliphatic heterocycles. The molecule has 0 aromatic heterocycles. The molecule has 0 bridgehead atoms. The standard InChI is InChI=1S/C22H25FN2O2S/c1-15(21(26)24-18-12-10-17(23)11-13-18)28-20-9-5-8-19(14-20)25-22(27)16-6-3-2-4-7-16/h5,8-16H,2-4,6-7H2,1H3,(H,24,26)(H,25,27). The SMILES string of the molecule is CC(Sc1cccc(NC(=O)C2CCCCC2)c1)C(=O)Nc1ccc(F)cc1. The summed E-state index contributed by atoms with van der Waals surface area (Å²) in [4.78, 5) is 25.7. The van der Waals surface area contributed by atoms with E-state index in [1.165, 1.54) is 42.4 Å². The first-order chi connectivity index (χ1) is 13.5. The molecule has 3 rings (SSSR count). The van der Waals surface area contributed by atoms with E-state index in [0.29, 0.717) is 5.69 Å². The second-order valence-corrected chi connectivity index (χ2v) is 8.52. The molecule has 0 saturated heterocycles.